The molecule has 2 aromatic rings. The van der Waals surface area contributed by atoms with E-state index in [2.05, 4.69) is 11.8 Å². The Labute approximate surface area is 170 Å². The van der Waals surface area contributed by atoms with Gasteiger partial charge in [0.15, 0.2) is 12.2 Å². The summed E-state index contributed by atoms with van der Waals surface area (Å²) in [7, 11) is 2.91. The number of aliphatic hydroxyl groups excluding tert-OH is 2. The van der Waals surface area contributed by atoms with Gasteiger partial charge in [-0.15, -0.1) is 0 Å². The van der Waals surface area contributed by atoms with E-state index in [1.54, 1.807) is 6.07 Å². The van der Waals surface area contributed by atoms with Gasteiger partial charge >= 0.3 is 0 Å². The zero-order valence-electron chi connectivity index (χ0n) is 16.5. The molecule has 1 aliphatic rings. The average molecular weight is 392 g/mol. The second kappa shape index (κ2) is 8.91. The summed E-state index contributed by atoms with van der Waals surface area (Å²) in [6.45, 7) is 0.417. The monoisotopic (exact) mass is 392 g/mol. The Hall–Kier alpha value is -3.14. The van der Waals surface area contributed by atoms with Gasteiger partial charge in [-0.25, -0.2) is 0 Å². The minimum atomic E-state index is -1.81. The fraction of sp³-hybridized carbons (Fsp3) is 0.304. The summed E-state index contributed by atoms with van der Waals surface area (Å²) in [5, 5.41) is 20.3. The van der Waals surface area contributed by atoms with E-state index in [9.17, 15) is 19.8 Å². The molecule has 0 saturated carbocycles. The molecule has 6 nitrogen and oxygen atoms in total. The maximum Gasteiger partial charge on any atom is 0.259 e. The summed E-state index contributed by atoms with van der Waals surface area (Å²) < 4.78 is 0. The number of hydrogen-bond donors (Lipinski definition) is 2. The number of benzene rings is 2. The first-order chi connectivity index (χ1) is 13.9. The van der Waals surface area contributed by atoms with Crippen molar-refractivity contribution < 1.29 is 19.8 Å². The number of hydrogen-bond acceptors (Lipinski definition) is 4. The second-order valence-electron chi connectivity index (χ2n) is 7.18. The van der Waals surface area contributed by atoms with E-state index in [1.165, 1.54) is 19.0 Å². The van der Waals surface area contributed by atoms with Gasteiger partial charge in [0.2, 0.25) is 0 Å². The minimum Gasteiger partial charge on any atom is -0.380 e. The molecule has 0 fully saturated rings. The summed E-state index contributed by atoms with van der Waals surface area (Å²) in [5.74, 6) is 4.85. The number of carbonyl (C=O) groups is 2. The molecule has 0 aromatic heterocycles. The van der Waals surface area contributed by atoms with Crippen molar-refractivity contribution >= 4 is 17.5 Å². The highest BCUT2D eigenvalue weighted by molar-refractivity contribution is 6.01. The summed E-state index contributed by atoms with van der Waals surface area (Å²) in [6.07, 6.45) is -2.10. The molecule has 0 bridgehead atoms. The van der Waals surface area contributed by atoms with Crippen LogP contribution in [0.3, 0.4) is 0 Å². The van der Waals surface area contributed by atoms with E-state index in [4.69, 9.17) is 0 Å². The number of likely N-dealkylation sites (N-methyl/N-ethyl adjacent to an activating group) is 1. The van der Waals surface area contributed by atoms with Crippen molar-refractivity contribution in [2.75, 3.05) is 25.5 Å². The lowest BCUT2D eigenvalue weighted by Gasteiger charge is -2.32. The Balaban J connectivity index is 1.81. The van der Waals surface area contributed by atoms with Crippen LogP contribution in [0.1, 0.15) is 23.1 Å². The Morgan fingerprint density at radius 3 is 2.38 bits per heavy atom. The van der Waals surface area contributed by atoms with Gasteiger partial charge in [0.25, 0.3) is 11.8 Å². The molecule has 0 spiro atoms. The van der Waals surface area contributed by atoms with Gasteiger partial charge < -0.3 is 20.0 Å². The summed E-state index contributed by atoms with van der Waals surface area (Å²) in [4.78, 5) is 27.2. The van der Waals surface area contributed by atoms with Crippen molar-refractivity contribution in [2.45, 2.75) is 25.0 Å². The van der Waals surface area contributed by atoms with Crippen molar-refractivity contribution in [2.24, 2.45) is 0 Å². The van der Waals surface area contributed by atoms with Crippen LogP contribution in [0, 0.1) is 11.8 Å². The van der Waals surface area contributed by atoms with Crippen LogP contribution in [0.15, 0.2) is 48.5 Å². The van der Waals surface area contributed by atoms with Crippen molar-refractivity contribution in [3.63, 3.8) is 0 Å². The first kappa shape index (κ1) is 20.6. The molecule has 0 aliphatic carbocycles. The van der Waals surface area contributed by atoms with Gasteiger partial charge in [0, 0.05) is 37.5 Å². The van der Waals surface area contributed by atoms with E-state index in [1.807, 2.05) is 42.5 Å². The maximum atomic E-state index is 12.7. The number of carbonyl (C=O) groups excluding carboxylic acids is 2. The highest BCUT2D eigenvalue weighted by Gasteiger charge is 2.36. The molecule has 2 N–H and O–H groups in total. The number of rotatable bonds is 3. The molecular weight excluding hydrogens is 368 g/mol. The molecule has 1 heterocycles. The second-order valence-corrected chi connectivity index (χ2v) is 7.18. The number of amides is 2. The third-order valence-electron chi connectivity index (χ3n) is 4.83. The molecule has 150 valence electrons. The lowest BCUT2D eigenvalue weighted by atomic mass is 9.98. The summed E-state index contributed by atoms with van der Waals surface area (Å²) in [5.41, 5.74) is 3.38. The average Bonchev–Trinajstić information content (AvgIpc) is 2.75. The van der Waals surface area contributed by atoms with E-state index in [0.29, 0.717) is 12.2 Å². The smallest absolute Gasteiger partial charge is 0.259 e. The Morgan fingerprint density at radius 2 is 1.69 bits per heavy atom. The van der Waals surface area contributed by atoms with E-state index >= 15 is 0 Å². The number of nitrogens with zero attached hydrogens (tertiary/aromatic N) is 2. The van der Waals surface area contributed by atoms with Crippen LogP contribution >= 0.6 is 0 Å². The van der Waals surface area contributed by atoms with Crippen LogP contribution < -0.4 is 4.90 Å². The maximum absolute atomic E-state index is 12.7. The lowest BCUT2D eigenvalue weighted by molar-refractivity contribution is -0.150. The Morgan fingerprint density at radius 1 is 1.00 bits per heavy atom. The molecule has 1 aliphatic heterocycles. The van der Waals surface area contributed by atoms with Gasteiger partial charge in [0.1, 0.15) is 0 Å². The van der Waals surface area contributed by atoms with E-state index in [0.717, 1.165) is 34.4 Å². The topological polar surface area (TPSA) is 81.1 Å². The zero-order chi connectivity index (χ0) is 21.0. The fourth-order valence-electron chi connectivity index (χ4n) is 3.26. The zero-order valence-corrected chi connectivity index (χ0v) is 16.5. The largest absolute Gasteiger partial charge is 0.380 e. The quantitative estimate of drug-likeness (QED) is 0.769. The van der Waals surface area contributed by atoms with Crippen LogP contribution in [0.25, 0.3) is 0 Å². The van der Waals surface area contributed by atoms with Crippen molar-refractivity contribution in [3.8, 4) is 11.8 Å². The highest BCUT2D eigenvalue weighted by Crippen LogP contribution is 2.29. The molecule has 6 heteroatoms. The normalized spacial score (nSPS) is 14.8. The summed E-state index contributed by atoms with van der Waals surface area (Å²) in [6, 6.07) is 15.2. The molecule has 3 rings (SSSR count). The van der Waals surface area contributed by atoms with Gasteiger partial charge in [0.05, 0.1) is 0 Å². The van der Waals surface area contributed by atoms with E-state index in [-0.39, 0.29) is 0 Å². The van der Waals surface area contributed by atoms with Crippen LogP contribution in [0.2, 0.25) is 0 Å². The molecule has 2 aromatic carbocycles. The summed E-state index contributed by atoms with van der Waals surface area (Å²) >= 11 is 0. The van der Waals surface area contributed by atoms with Gasteiger partial charge in [-0.05, 0) is 48.7 Å². The van der Waals surface area contributed by atoms with Crippen LogP contribution in [-0.2, 0) is 16.0 Å². The molecule has 2 amide bonds. The van der Waals surface area contributed by atoms with Gasteiger partial charge in [-0.3, -0.25) is 9.59 Å². The van der Waals surface area contributed by atoms with Crippen LogP contribution in [-0.4, -0.2) is 59.8 Å². The molecule has 0 radical (unpaired) electrons. The third kappa shape index (κ3) is 4.65. The van der Waals surface area contributed by atoms with Crippen LogP contribution in [0.4, 0.5) is 5.69 Å². The molecular formula is C23H24N2O4. The first-order valence-electron chi connectivity index (χ1n) is 9.47. The number of aryl methyl sites for hydroxylation is 1. The van der Waals surface area contributed by atoms with Gasteiger partial charge in [-0.1, -0.05) is 30.0 Å². The number of aliphatic hydroxyl groups is 2. The Kier molecular flexibility index (Phi) is 6.32. The Bertz CT molecular complexity index is 960. The van der Waals surface area contributed by atoms with Crippen LogP contribution in [0.5, 0.6) is 0 Å². The first-order valence-corrected chi connectivity index (χ1v) is 9.47. The SMILES string of the molecule is CN(C)C(=O)[C@H](O)[C@@H](O)C(=O)N1CCCc2cc(C#Cc3ccccc3)ccc21. The van der Waals surface area contributed by atoms with Crippen molar-refractivity contribution in [1.29, 1.82) is 0 Å². The molecule has 0 saturated heterocycles. The molecule has 29 heavy (non-hydrogen) atoms. The molecule has 0 unspecified atom stereocenters. The lowest BCUT2D eigenvalue weighted by Crippen LogP contribution is -2.51. The number of fused-ring (bicyclic) bond motifs is 1. The predicted octanol–water partition coefficient (Wildman–Crippen LogP) is 1.18. The fourth-order valence-corrected chi connectivity index (χ4v) is 3.26. The molecule has 2 atom stereocenters. The number of anilines is 1. The van der Waals surface area contributed by atoms with Crippen molar-refractivity contribution in [3.05, 3.63) is 65.2 Å². The predicted molar refractivity (Wildman–Crippen MR) is 110 cm³/mol. The standard InChI is InChI=1S/C23H24N2O4/c1-24(2)22(28)20(26)21(27)23(29)25-14-6-9-18-15-17(12-13-19(18)25)11-10-16-7-4-3-5-8-16/h3-5,7-8,12-13,15,20-21,26-27H,6,9,14H2,1-2H3/t20-,21-/m1/s1. The van der Waals surface area contributed by atoms with E-state index < -0.39 is 24.0 Å². The van der Waals surface area contributed by atoms with Gasteiger partial charge in [-0.2, -0.15) is 0 Å². The third-order valence-corrected chi connectivity index (χ3v) is 4.83. The van der Waals surface area contributed by atoms with Crippen molar-refractivity contribution in [1.82, 2.24) is 4.90 Å². The highest BCUT2D eigenvalue weighted by atomic mass is 16.3. The minimum absolute atomic E-state index is 0.417.